The number of aromatic nitrogens is 4. The first-order chi connectivity index (χ1) is 12.6. The van der Waals surface area contributed by atoms with Gasteiger partial charge in [0.25, 0.3) is 5.95 Å². The molecule has 0 saturated carbocycles. The number of benzene rings is 2. The van der Waals surface area contributed by atoms with E-state index < -0.39 is 0 Å². The van der Waals surface area contributed by atoms with Crippen molar-refractivity contribution >= 4 is 34.2 Å². The molecule has 0 unspecified atom stereocenters. The van der Waals surface area contributed by atoms with Crippen LogP contribution in [0, 0.1) is 6.92 Å². The first kappa shape index (κ1) is 15.8. The summed E-state index contributed by atoms with van der Waals surface area (Å²) < 4.78 is 5.05. The van der Waals surface area contributed by atoms with Crippen molar-refractivity contribution in [3.05, 3.63) is 47.5 Å². The largest absolute Gasteiger partial charge is 0.507 e. The molecule has 130 valence electrons. The summed E-state index contributed by atoms with van der Waals surface area (Å²) in [7, 11) is 1.54. The molecule has 0 aliphatic heterocycles. The Hall–Kier alpha value is -3.68. The summed E-state index contributed by atoms with van der Waals surface area (Å²) in [5.74, 6) is 0.889. The van der Waals surface area contributed by atoms with Crippen molar-refractivity contribution < 1.29 is 9.84 Å². The number of anilines is 1. The molecule has 2 aromatic carbocycles. The van der Waals surface area contributed by atoms with Gasteiger partial charge in [-0.2, -0.15) is 10.1 Å². The average Bonchev–Trinajstić information content (AvgIpc) is 3.00. The second kappa shape index (κ2) is 6.32. The van der Waals surface area contributed by atoms with E-state index in [9.17, 15) is 5.11 Å². The molecular weight excluding hydrogens is 332 g/mol. The van der Waals surface area contributed by atoms with Crippen LogP contribution < -0.4 is 10.2 Å². The van der Waals surface area contributed by atoms with Crippen LogP contribution in [-0.4, -0.2) is 38.6 Å². The third-order valence-electron chi connectivity index (χ3n) is 3.98. The Morgan fingerprint density at radius 3 is 2.88 bits per heavy atom. The number of H-pyrrole nitrogens is 1. The molecule has 0 spiro atoms. The molecule has 0 amide bonds. The van der Waals surface area contributed by atoms with Crippen LogP contribution in [0.25, 0.3) is 22.1 Å². The van der Waals surface area contributed by atoms with Gasteiger partial charge in [-0.1, -0.05) is 11.6 Å². The monoisotopic (exact) mass is 348 g/mol. The fourth-order valence-electron chi connectivity index (χ4n) is 2.65. The van der Waals surface area contributed by atoms with Crippen molar-refractivity contribution in [2.24, 2.45) is 5.10 Å². The molecule has 0 fully saturated rings. The number of fused-ring (bicyclic) bond motifs is 3. The van der Waals surface area contributed by atoms with Gasteiger partial charge in [-0.25, -0.2) is 5.43 Å². The second-order valence-electron chi connectivity index (χ2n) is 5.80. The van der Waals surface area contributed by atoms with E-state index in [1.807, 2.05) is 25.1 Å². The van der Waals surface area contributed by atoms with Crippen molar-refractivity contribution in [3.63, 3.8) is 0 Å². The molecule has 26 heavy (non-hydrogen) atoms. The number of nitrogens with zero attached hydrogens (tertiary/aromatic N) is 4. The number of aromatic amines is 1. The maximum Gasteiger partial charge on any atom is 0.265 e. The summed E-state index contributed by atoms with van der Waals surface area (Å²) in [6.07, 6.45) is 1.47. The van der Waals surface area contributed by atoms with Gasteiger partial charge >= 0.3 is 0 Å². The molecule has 3 N–H and O–H groups in total. The quantitative estimate of drug-likeness (QED) is 0.386. The highest BCUT2D eigenvalue weighted by Gasteiger charge is 2.09. The standard InChI is InChI=1S/C18H16N6O2/c1-10-3-6-14-13(7-10)16-17(20-14)21-18(24-22-16)23-19-9-11-4-5-12(26-2)8-15(11)25/h3-9,25H,1-2H3,(H2,20,21,23,24)/b19-9+. The van der Waals surface area contributed by atoms with Crippen LogP contribution in [0.15, 0.2) is 41.5 Å². The van der Waals surface area contributed by atoms with Gasteiger partial charge in [0.1, 0.15) is 17.0 Å². The van der Waals surface area contributed by atoms with Gasteiger partial charge in [-0.15, -0.1) is 10.2 Å². The SMILES string of the molecule is COc1ccc(/C=N/Nc2nnc3c(n2)[nH]c2ccc(C)cc23)c(O)c1. The Balaban J connectivity index is 1.58. The highest BCUT2D eigenvalue weighted by atomic mass is 16.5. The number of rotatable bonds is 4. The van der Waals surface area contributed by atoms with Gasteiger partial charge in [-0.05, 0) is 31.2 Å². The average molecular weight is 348 g/mol. The van der Waals surface area contributed by atoms with E-state index in [2.05, 4.69) is 30.7 Å². The lowest BCUT2D eigenvalue weighted by molar-refractivity contribution is 0.407. The summed E-state index contributed by atoms with van der Waals surface area (Å²) in [4.78, 5) is 7.60. The Morgan fingerprint density at radius 1 is 1.19 bits per heavy atom. The molecule has 2 aromatic heterocycles. The number of phenols is 1. The lowest BCUT2D eigenvalue weighted by Crippen LogP contribution is -1.99. The van der Waals surface area contributed by atoms with Gasteiger partial charge < -0.3 is 14.8 Å². The van der Waals surface area contributed by atoms with Crippen molar-refractivity contribution in [3.8, 4) is 11.5 Å². The van der Waals surface area contributed by atoms with Crippen LogP contribution in [0.2, 0.25) is 0 Å². The van der Waals surface area contributed by atoms with Crippen LogP contribution >= 0.6 is 0 Å². The smallest absolute Gasteiger partial charge is 0.265 e. The fraction of sp³-hybridized carbons (Fsp3) is 0.111. The number of ether oxygens (including phenoxy) is 1. The van der Waals surface area contributed by atoms with Crippen LogP contribution in [0.5, 0.6) is 11.5 Å². The second-order valence-corrected chi connectivity index (χ2v) is 5.80. The number of hydrogen-bond donors (Lipinski definition) is 3. The molecule has 0 aliphatic rings. The Kier molecular flexibility index (Phi) is 3.85. The lowest BCUT2D eigenvalue weighted by Gasteiger charge is -2.02. The van der Waals surface area contributed by atoms with E-state index in [4.69, 9.17) is 4.74 Å². The Morgan fingerprint density at radius 2 is 2.08 bits per heavy atom. The maximum atomic E-state index is 9.92. The molecule has 0 radical (unpaired) electrons. The van der Waals surface area contributed by atoms with Gasteiger partial charge in [0, 0.05) is 22.5 Å². The predicted molar refractivity (Wildman–Crippen MR) is 99.8 cm³/mol. The number of hydrazone groups is 1. The lowest BCUT2D eigenvalue weighted by atomic mass is 10.2. The molecule has 4 aromatic rings. The van der Waals surface area contributed by atoms with Crippen LogP contribution in [0.4, 0.5) is 5.95 Å². The van der Waals surface area contributed by atoms with Crippen molar-refractivity contribution in [2.75, 3.05) is 12.5 Å². The molecule has 0 bridgehead atoms. The van der Waals surface area contributed by atoms with Gasteiger partial charge in [0.15, 0.2) is 5.65 Å². The van der Waals surface area contributed by atoms with E-state index in [-0.39, 0.29) is 11.7 Å². The van der Waals surface area contributed by atoms with Crippen LogP contribution in [-0.2, 0) is 0 Å². The fourth-order valence-corrected chi connectivity index (χ4v) is 2.65. The number of aromatic hydroxyl groups is 1. The van der Waals surface area contributed by atoms with E-state index in [1.165, 1.54) is 19.4 Å². The molecule has 0 aliphatic carbocycles. The highest BCUT2D eigenvalue weighted by molar-refractivity contribution is 6.03. The minimum absolute atomic E-state index is 0.0652. The predicted octanol–water partition coefficient (Wildman–Crippen LogP) is 2.97. The van der Waals surface area contributed by atoms with Crippen LogP contribution in [0.1, 0.15) is 11.1 Å². The van der Waals surface area contributed by atoms with Crippen LogP contribution in [0.3, 0.4) is 0 Å². The maximum absolute atomic E-state index is 9.92. The molecule has 2 heterocycles. The first-order valence-electron chi connectivity index (χ1n) is 7.93. The highest BCUT2D eigenvalue weighted by Crippen LogP contribution is 2.24. The minimum Gasteiger partial charge on any atom is -0.507 e. The van der Waals surface area contributed by atoms with Crippen molar-refractivity contribution in [2.45, 2.75) is 6.92 Å². The van der Waals surface area contributed by atoms with E-state index in [0.29, 0.717) is 22.5 Å². The normalized spacial score (nSPS) is 11.5. The van der Waals surface area contributed by atoms with Crippen molar-refractivity contribution in [1.82, 2.24) is 20.2 Å². The number of aryl methyl sites for hydroxylation is 1. The zero-order valence-electron chi connectivity index (χ0n) is 14.2. The number of hydrogen-bond acceptors (Lipinski definition) is 7. The number of nitrogens with one attached hydrogen (secondary N) is 2. The summed E-state index contributed by atoms with van der Waals surface area (Å²) in [6.45, 7) is 2.03. The Bertz CT molecular complexity index is 1140. The Labute approximate surface area is 148 Å². The molecule has 0 atom stereocenters. The van der Waals surface area contributed by atoms with Crippen molar-refractivity contribution in [1.29, 1.82) is 0 Å². The molecule has 4 rings (SSSR count). The third-order valence-corrected chi connectivity index (χ3v) is 3.98. The van der Waals surface area contributed by atoms with E-state index in [0.717, 1.165) is 16.5 Å². The molecular formula is C18H16N6O2. The number of methoxy groups -OCH3 is 1. The molecule has 8 heteroatoms. The number of phenolic OH excluding ortho intramolecular Hbond substituents is 1. The van der Waals surface area contributed by atoms with Gasteiger partial charge in [0.2, 0.25) is 0 Å². The third kappa shape index (κ3) is 2.88. The summed E-state index contributed by atoms with van der Waals surface area (Å²) in [5.41, 5.74) is 6.70. The zero-order chi connectivity index (χ0) is 18.1. The van der Waals surface area contributed by atoms with E-state index >= 15 is 0 Å². The van der Waals surface area contributed by atoms with E-state index in [1.54, 1.807) is 12.1 Å². The first-order valence-corrected chi connectivity index (χ1v) is 7.93. The summed E-state index contributed by atoms with van der Waals surface area (Å²) >= 11 is 0. The zero-order valence-corrected chi connectivity index (χ0v) is 14.2. The summed E-state index contributed by atoms with van der Waals surface area (Å²) in [6, 6.07) is 11.0. The van der Waals surface area contributed by atoms with Gasteiger partial charge in [-0.3, -0.25) is 0 Å². The molecule has 8 nitrogen and oxygen atoms in total. The molecule has 0 saturated heterocycles. The topological polar surface area (TPSA) is 108 Å². The summed E-state index contributed by atoms with van der Waals surface area (Å²) in [5, 5.41) is 23.2. The minimum atomic E-state index is 0.0652. The van der Waals surface area contributed by atoms with Gasteiger partial charge in [0.05, 0.1) is 13.3 Å².